The normalized spacial score (nSPS) is 17.3. The van der Waals surface area contributed by atoms with Gasteiger partial charge in [-0.1, -0.05) is 18.2 Å². The van der Waals surface area contributed by atoms with Crippen molar-refractivity contribution in [2.45, 2.75) is 70.6 Å². The van der Waals surface area contributed by atoms with Crippen molar-refractivity contribution in [3.63, 3.8) is 0 Å². The number of amides is 1. The number of benzene rings is 1. The van der Waals surface area contributed by atoms with E-state index in [1.807, 2.05) is 42.2 Å². The molecule has 1 amide bonds. The van der Waals surface area contributed by atoms with E-state index >= 15 is 0 Å². The van der Waals surface area contributed by atoms with Crippen LogP contribution in [-0.2, 0) is 17.9 Å². The van der Waals surface area contributed by atoms with Gasteiger partial charge in [0.1, 0.15) is 5.82 Å². The molecular formula is C35H41F3N6O. The monoisotopic (exact) mass is 618 g/mol. The highest BCUT2D eigenvalue weighted by molar-refractivity contribution is 5.92. The van der Waals surface area contributed by atoms with Crippen molar-refractivity contribution < 1.29 is 18.0 Å². The Balaban J connectivity index is 1.17. The lowest BCUT2D eigenvalue weighted by Gasteiger charge is -2.37. The number of rotatable bonds is 8. The van der Waals surface area contributed by atoms with Gasteiger partial charge in [-0.15, -0.1) is 0 Å². The number of carbonyl (C=O) groups excluding carboxylic acids is 1. The lowest BCUT2D eigenvalue weighted by atomic mass is 9.85. The molecule has 5 heterocycles. The van der Waals surface area contributed by atoms with Gasteiger partial charge in [-0.25, -0.2) is 4.98 Å². The molecule has 2 aliphatic rings. The van der Waals surface area contributed by atoms with Gasteiger partial charge in [0.05, 0.1) is 11.4 Å². The predicted octanol–water partition coefficient (Wildman–Crippen LogP) is 6.95. The molecule has 0 saturated carbocycles. The molecule has 238 valence electrons. The van der Waals surface area contributed by atoms with Crippen molar-refractivity contribution >= 4 is 22.6 Å². The van der Waals surface area contributed by atoms with Crippen LogP contribution in [0.2, 0.25) is 0 Å². The van der Waals surface area contributed by atoms with Crippen molar-refractivity contribution in [3.05, 3.63) is 77.6 Å². The highest BCUT2D eigenvalue weighted by Crippen LogP contribution is 2.43. The van der Waals surface area contributed by atoms with E-state index in [0.717, 1.165) is 84.3 Å². The Bertz CT molecular complexity index is 1620. The Morgan fingerprint density at radius 3 is 2.42 bits per heavy atom. The molecule has 4 aromatic rings. The fraction of sp³-hybridized carbons (Fsp3) is 0.457. The Kier molecular flexibility index (Phi) is 9.12. The summed E-state index contributed by atoms with van der Waals surface area (Å²) in [5.74, 6) is 0.975. The highest BCUT2D eigenvalue weighted by atomic mass is 19.4. The summed E-state index contributed by atoms with van der Waals surface area (Å²) in [4.78, 5) is 26.8. The molecule has 0 atom stereocenters. The number of carbonyl (C=O) groups is 1. The van der Waals surface area contributed by atoms with Crippen molar-refractivity contribution in [2.75, 3.05) is 31.9 Å². The van der Waals surface area contributed by atoms with Crippen LogP contribution in [0.5, 0.6) is 0 Å². The first-order valence-corrected chi connectivity index (χ1v) is 16.0. The number of likely N-dealkylation sites (tertiary alicyclic amines) is 2. The van der Waals surface area contributed by atoms with Gasteiger partial charge < -0.3 is 15.2 Å². The summed E-state index contributed by atoms with van der Waals surface area (Å²) in [6, 6.07) is 15.9. The molecule has 2 N–H and O–H groups in total. The van der Waals surface area contributed by atoms with Crippen LogP contribution in [0.15, 0.2) is 60.9 Å². The summed E-state index contributed by atoms with van der Waals surface area (Å²) in [6.45, 7) is 6.17. The van der Waals surface area contributed by atoms with Crippen molar-refractivity contribution in [1.82, 2.24) is 24.3 Å². The van der Waals surface area contributed by atoms with Crippen LogP contribution in [0.3, 0.4) is 0 Å². The molecule has 1 aromatic carbocycles. The summed E-state index contributed by atoms with van der Waals surface area (Å²) in [6.07, 6.45) is 1.75. The zero-order valence-electron chi connectivity index (χ0n) is 25.8. The van der Waals surface area contributed by atoms with Crippen molar-refractivity contribution in [2.24, 2.45) is 5.92 Å². The lowest BCUT2D eigenvalue weighted by molar-refractivity contribution is -0.138. The number of hydrogen-bond acceptors (Lipinski definition) is 5. The average molecular weight is 619 g/mol. The van der Waals surface area contributed by atoms with Crippen LogP contribution >= 0.6 is 0 Å². The molecule has 0 bridgehead atoms. The Morgan fingerprint density at radius 2 is 1.73 bits per heavy atom. The van der Waals surface area contributed by atoms with Gasteiger partial charge in [0.2, 0.25) is 5.91 Å². The number of piperidine rings is 2. The second kappa shape index (κ2) is 13.2. The molecule has 2 fully saturated rings. The third-order valence-electron chi connectivity index (χ3n) is 9.41. The molecule has 0 spiro atoms. The first-order chi connectivity index (χ1) is 21.7. The van der Waals surface area contributed by atoms with Crippen LogP contribution in [0.1, 0.15) is 61.1 Å². The molecule has 6 rings (SSSR count). The van der Waals surface area contributed by atoms with E-state index in [4.69, 9.17) is 5.73 Å². The second-order valence-electron chi connectivity index (χ2n) is 12.6. The highest BCUT2D eigenvalue weighted by Gasteiger charge is 2.34. The van der Waals surface area contributed by atoms with Gasteiger partial charge in [-0.2, -0.15) is 13.2 Å². The third kappa shape index (κ3) is 7.16. The summed E-state index contributed by atoms with van der Waals surface area (Å²) in [7, 11) is 0. The van der Waals surface area contributed by atoms with Gasteiger partial charge in [-0.3, -0.25) is 14.7 Å². The molecule has 0 radical (unpaired) electrons. The summed E-state index contributed by atoms with van der Waals surface area (Å²) in [5, 5.41) is 1.07. The first kappa shape index (κ1) is 31.1. The molecule has 0 aliphatic carbocycles. The number of fused-ring (bicyclic) bond motifs is 1. The van der Waals surface area contributed by atoms with Crippen molar-refractivity contribution in [1.29, 1.82) is 0 Å². The number of nitrogens with zero attached hydrogens (tertiary/aromatic N) is 5. The number of halogens is 3. The van der Waals surface area contributed by atoms with Crippen LogP contribution in [0.25, 0.3) is 22.3 Å². The zero-order valence-corrected chi connectivity index (χ0v) is 25.8. The second-order valence-corrected chi connectivity index (χ2v) is 12.6. The minimum absolute atomic E-state index is 0.00285. The molecule has 45 heavy (non-hydrogen) atoms. The fourth-order valence-electron chi connectivity index (χ4n) is 7.18. The van der Waals surface area contributed by atoms with Crippen LogP contribution in [-0.4, -0.2) is 62.6 Å². The summed E-state index contributed by atoms with van der Waals surface area (Å²) in [5.41, 5.74) is 11.8. The van der Waals surface area contributed by atoms with Gasteiger partial charge in [0.15, 0.2) is 0 Å². The van der Waals surface area contributed by atoms with E-state index in [2.05, 4.69) is 37.6 Å². The number of hydrogen-bond donors (Lipinski definition) is 1. The molecule has 7 nitrogen and oxygen atoms in total. The first-order valence-electron chi connectivity index (χ1n) is 16.0. The molecular weight excluding hydrogens is 577 g/mol. The largest absolute Gasteiger partial charge is 0.389 e. The molecule has 0 unspecified atom stereocenters. The van der Waals surface area contributed by atoms with Gasteiger partial charge in [0.25, 0.3) is 0 Å². The third-order valence-corrected chi connectivity index (χ3v) is 9.41. The number of aryl methyl sites for hydroxylation is 2. The van der Waals surface area contributed by atoms with Gasteiger partial charge >= 0.3 is 6.18 Å². The van der Waals surface area contributed by atoms with Crippen LogP contribution < -0.4 is 5.73 Å². The van der Waals surface area contributed by atoms with E-state index in [9.17, 15) is 18.0 Å². The Hall–Kier alpha value is -3.92. The Labute approximate surface area is 262 Å². The van der Waals surface area contributed by atoms with E-state index in [-0.39, 0.29) is 30.7 Å². The molecule has 10 heteroatoms. The zero-order chi connectivity index (χ0) is 31.6. The Morgan fingerprint density at radius 1 is 0.956 bits per heavy atom. The van der Waals surface area contributed by atoms with Crippen molar-refractivity contribution in [3.8, 4) is 11.4 Å². The lowest BCUT2D eigenvalue weighted by Crippen LogP contribution is -2.45. The maximum absolute atomic E-state index is 13.6. The average Bonchev–Trinajstić information content (AvgIpc) is 3.34. The van der Waals surface area contributed by atoms with E-state index in [1.165, 1.54) is 0 Å². The van der Waals surface area contributed by atoms with Gasteiger partial charge in [-0.05, 0) is 105 Å². The molecule has 3 aromatic heterocycles. The molecule has 2 aliphatic heterocycles. The SMILES string of the molecule is Cc1ccc2c(C3CCN(C(=O)C4CCN(Cc5ccnc(N)c5)CC4)CC3)c(-c3ccccn3)n(CCCC(F)(F)F)c2c1. The minimum Gasteiger partial charge on any atom is -0.384 e. The van der Waals surface area contributed by atoms with E-state index in [1.54, 1.807) is 12.4 Å². The number of nitrogen functional groups attached to an aromatic ring is 1. The maximum atomic E-state index is 13.6. The molecule has 2 saturated heterocycles. The number of alkyl halides is 3. The number of nitrogens with two attached hydrogens (primary N) is 1. The van der Waals surface area contributed by atoms with E-state index < -0.39 is 12.6 Å². The quantitative estimate of drug-likeness (QED) is 0.231. The predicted molar refractivity (Wildman–Crippen MR) is 170 cm³/mol. The summed E-state index contributed by atoms with van der Waals surface area (Å²) < 4.78 is 41.5. The summed E-state index contributed by atoms with van der Waals surface area (Å²) >= 11 is 0. The maximum Gasteiger partial charge on any atom is 0.389 e. The minimum atomic E-state index is -4.20. The van der Waals surface area contributed by atoms with E-state index in [0.29, 0.717) is 18.9 Å². The van der Waals surface area contributed by atoms with Crippen LogP contribution in [0, 0.1) is 12.8 Å². The van der Waals surface area contributed by atoms with Gasteiger partial charge in [0, 0.05) is 61.8 Å². The number of anilines is 1. The smallest absolute Gasteiger partial charge is 0.384 e. The topological polar surface area (TPSA) is 80.3 Å². The fourth-order valence-corrected chi connectivity index (χ4v) is 7.18. The number of pyridine rings is 2. The number of aromatic nitrogens is 3. The van der Waals surface area contributed by atoms with Crippen LogP contribution in [0.4, 0.5) is 19.0 Å². The standard InChI is InChI=1S/C35H41F3N6O/c1-24-6-7-28-30(21-24)44(16-4-13-35(36,37)38)33(29-5-2-3-14-40-29)32(28)26-11-19-43(20-12-26)34(45)27-9-17-42(18-10-27)23-25-8-15-41-31(39)22-25/h2-3,5-8,14-15,21-22,26-27H,4,9-13,16-20,23H2,1H3,(H2,39,41).